The van der Waals surface area contributed by atoms with Gasteiger partial charge in [-0.1, -0.05) is 42.8 Å². The third-order valence-electron chi connectivity index (χ3n) is 6.13. The summed E-state index contributed by atoms with van der Waals surface area (Å²) in [4.78, 5) is 36.4. The van der Waals surface area contributed by atoms with Gasteiger partial charge in [-0.15, -0.1) is 0 Å². The summed E-state index contributed by atoms with van der Waals surface area (Å²) < 4.78 is 26.6. The number of carbonyl (C=O) groups excluding carboxylic acids is 2. The summed E-state index contributed by atoms with van der Waals surface area (Å²) in [7, 11) is 0. The quantitative estimate of drug-likeness (QED) is 0.454. The fourth-order valence-electron chi connectivity index (χ4n) is 4.46. The second-order valence-corrected chi connectivity index (χ2v) is 8.50. The Balaban J connectivity index is 1.39. The first-order valence-electron chi connectivity index (χ1n) is 11.0. The van der Waals surface area contributed by atoms with Crippen molar-refractivity contribution in [3.63, 3.8) is 0 Å². The lowest BCUT2D eigenvalue weighted by molar-refractivity contribution is -0.142. The molecule has 0 aromatic heterocycles. The summed E-state index contributed by atoms with van der Waals surface area (Å²) in [6.45, 7) is 0. The molecule has 4 rings (SSSR count). The van der Waals surface area contributed by atoms with Gasteiger partial charge in [-0.05, 0) is 53.8 Å². The molecule has 174 valence electrons. The van der Waals surface area contributed by atoms with Crippen LogP contribution in [0.2, 0.25) is 0 Å². The van der Waals surface area contributed by atoms with Gasteiger partial charge in [0.05, 0.1) is 12.3 Å². The number of hydrogen-bond acceptors (Lipinski definition) is 3. The summed E-state index contributed by atoms with van der Waals surface area (Å²) in [5.74, 6) is -4.00. The Labute approximate surface area is 195 Å². The average Bonchev–Trinajstić information content (AvgIpc) is 3.29. The number of benzene rings is 3. The molecule has 7 heteroatoms. The number of carboxylic acids is 1. The lowest BCUT2D eigenvalue weighted by Crippen LogP contribution is -2.25. The zero-order chi connectivity index (χ0) is 24.2. The minimum atomic E-state index is -0.914. The van der Waals surface area contributed by atoms with Crippen molar-refractivity contribution < 1.29 is 28.3 Å². The molecule has 0 radical (unpaired) electrons. The minimum Gasteiger partial charge on any atom is -0.481 e. The summed E-state index contributed by atoms with van der Waals surface area (Å²) in [6, 6.07) is 17.1. The molecule has 3 aromatic rings. The van der Waals surface area contributed by atoms with Crippen molar-refractivity contribution in [2.24, 2.45) is 11.8 Å². The molecule has 0 aliphatic heterocycles. The van der Waals surface area contributed by atoms with Crippen molar-refractivity contribution in [3.8, 4) is 11.1 Å². The van der Waals surface area contributed by atoms with E-state index in [2.05, 4.69) is 5.32 Å². The van der Waals surface area contributed by atoms with E-state index in [0.717, 1.165) is 35.7 Å². The number of anilines is 1. The third-order valence-corrected chi connectivity index (χ3v) is 6.13. The number of carbonyl (C=O) groups is 3. The molecule has 3 aromatic carbocycles. The van der Waals surface area contributed by atoms with Gasteiger partial charge in [0.25, 0.3) is 0 Å². The van der Waals surface area contributed by atoms with Gasteiger partial charge in [0, 0.05) is 23.2 Å². The van der Waals surface area contributed by atoms with Crippen molar-refractivity contribution in [1.82, 2.24) is 0 Å². The Morgan fingerprint density at radius 3 is 1.97 bits per heavy atom. The topological polar surface area (TPSA) is 83.5 Å². The smallest absolute Gasteiger partial charge is 0.307 e. The molecule has 1 aliphatic carbocycles. The highest BCUT2D eigenvalue weighted by atomic mass is 19.1. The van der Waals surface area contributed by atoms with Crippen LogP contribution in [0.3, 0.4) is 0 Å². The first kappa shape index (κ1) is 23.3. The van der Waals surface area contributed by atoms with Crippen LogP contribution in [0.25, 0.3) is 11.1 Å². The van der Waals surface area contributed by atoms with Crippen LogP contribution < -0.4 is 5.32 Å². The first-order valence-corrected chi connectivity index (χ1v) is 11.0. The van der Waals surface area contributed by atoms with Crippen LogP contribution in [0.4, 0.5) is 14.5 Å². The number of ketones is 1. The van der Waals surface area contributed by atoms with Gasteiger partial charge in [0.2, 0.25) is 5.91 Å². The first-order chi connectivity index (χ1) is 16.3. The van der Waals surface area contributed by atoms with E-state index < -0.39 is 35.3 Å². The van der Waals surface area contributed by atoms with Crippen molar-refractivity contribution in [2.45, 2.75) is 25.7 Å². The van der Waals surface area contributed by atoms with Gasteiger partial charge in [-0.3, -0.25) is 14.4 Å². The van der Waals surface area contributed by atoms with Gasteiger partial charge in [0.15, 0.2) is 5.78 Å². The molecule has 0 saturated heterocycles. The number of aliphatic carboxylic acids is 1. The molecule has 0 heterocycles. The van der Waals surface area contributed by atoms with E-state index in [-0.39, 0.29) is 17.8 Å². The molecule has 0 bridgehead atoms. The zero-order valence-corrected chi connectivity index (χ0v) is 18.3. The zero-order valence-electron chi connectivity index (χ0n) is 18.3. The van der Waals surface area contributed by atoms with Crippen LogP contribution in [0, 0.1) is 23.5 Å². The maximum absolute atomic E-state index is 13.3. The lowest BCUT2D eigenvalue weighted by Gasteiger charge is -2.14. The predicted molar refractivity (Wildman–Crippen MR) is 123 cm³/mol. The SMILES string of the molecule is O=C(Cc1cc(F)cc(F)c1)Nc1ccc(-c2ccc(C(=O)[C@@H]3CCC[C@H]3C(=O)O)cc2)cc1. The molecule has 1 amide bonds. The van der Waals surface area contributed by atoms with Crippen molar-refractivity contribution >= 4 is 23.3 Å². The van der Waals surface area contributed by atoms with Crippen LogP contribution in [-0.2, 0) is 16.0 Å². The van der Waals surface area contributed by atoms with Crippen LogP contribution >= 0.6 is 0 Å². The lowest BCUT2D eigenvalue weighted by atomic mass is 9.88. The molecule has 1 saturated carbocycles. The molecule has 0 spiro atoms. The molecule has 1 aliphatic rings. The molecule has 0 unspecified atom stereocenters. The molecule has 1 fully saturated rings. The van der Waals surface area contributed by atoms with Gasteiger partial charge in [0.1, 0.15) is 11.6 Å². The Morgan fingerprint density at radius 2 is 1.38 bits per heavy atom. The summed E-state index contributed by atoms with van der Waals surface area (Å²) in [6.07, 6.45) is 1.72. The second-order valence-electron chi connectivity index (χ2n) is 8.50. The number of hydrogen-bond donors (Lipinski definition) is 2. The van der Waals surface area contributed by atoms with Gasteiger partial charge in [-0.2, -0.15) is 0 Å². The van der Waals surface area contributed by atoms with E-state index in [1.54, 1.807) is 24.3 Å². The Morgan fingerprint density at radius 1 is 0.824 bits per heavy atom. The summed E-state index contributed by atoms with van der Waals surface area (Å²) in [5.41, 5.74) is 3.02. The largest absolute Gasteiger partial charge is 0.481 e. The van der Waals surface area contributed by atoms with Crippen LogP contribution in [0.5, 0.6) is 0 Å². The van der Waals surface area contributed by atoms with Gasteiger partial charge < -0.3 is 10.4 Å². The monoisotopic (exact) mass is 463 g/mol. The maximum atomic E-state index is 13.3. The predicted octanol–water partition coefficient (Wildman–Crippen LogP) is 5.50. The van der Waals surface area contributed by atoms with Crippen molar-refractivity contribution in [3.05, 3.63) is 89.5 Å². The Bertz CT molecular complexity index is 1200. The highest BCUT2D eigenvalue weighted by molar-refractivity contribution is 6.00. The number of rotatable bonds is 7. The molecular formula is C27H23F2NO4. The maximum Gasteiger partial charge on any atom is 0.307 e. The van der Waals surface area contributed by atoms with Crippen molar-refractivity contribution in [1.29, 1.82) is 0 Å². The molecule has 5 nitrogen and oxygen atoms in total. The van der Waals surface area contributed by atoms with Crippen LogP contribution in [0.1, 0.15) is 35.2 Å². The Hall–Kier alpha value is -3.87. The number of amides is 1. The third kappa shape index (κ3) is 5.36. The van der Waals surface area contributed by atoms with Crippen LogP contribution in [0.15, 0.2) is 66.7 Å². The van der Waals surface area contributed by atoms with E-state index in [1.165, 1.54) is 0 Å². The number of carboxylic acid groups (broad SMARTS) is 1. The normalized spacial score (nSPS) is 17.4. The molecule has 2 atom stereocenters. The highest BCUT2D eigenvalue weighted by Gasteiger charge is 2.37. The Kier molecular flexibility index (Phi) is 6.82. The van der Waals surface area contributed by atoms with E-state index >= 15 is 0 Å². The highest BCUT2D eigenvalue weighted by Crippen LogP contribution is 2.35. The summed E-state index contributed by atoms with van der Waals surface area (Å²) >= 11 is 0. The second kappa shape index (κ2) is 9.95. The summed E-state index contributed by atoms with van der Waals surface area (Å²) in [5, 5.41) is 12.0. The molecular weight excluding hydrogens is 440 g/mol. The van der Waals surface area contributed by atoms with Crippen molar-refractivity contribution in [2.75, 3.05) is 5.32 Å². The van der Waals surface area contributed by atoms with Gasteiger partial charge >= 0.3 is 5.97 Å². The molecule has 2 N–H and O–H groups in total. The van der Waals surface area contributed by atoms with E-state index in [4.69, 9.17) is 0 Å². The fraction of sp³-hybridized carbons (Fsp3) is 0.222. The fourth-order valence-corrected chi connectivity index (χ4v) is 4.46. The van der Waals surface area contributed by atoms with E-state index in [1.807, 2.05) is 24.3 Å². The number of nitrogens with one attached hydrogen (secondary N) is 1. The number of halogens is 2. The van der Waals surface area contributed by atoms with E-state index in [0.29, 0.717) is 24.1 Å². The van der Waals surface area contributed by atoms with Crippen LogP contribution in [-0.4, -0.2) is 22.8 Å². The van der Waals surface area contributed by atoms with Gasteiger partial charge in [-0.25, -0.2) is 8.78 Å². The molecule has 34 heavy (non-hydrogen) atoms. The average molecular weight is 463 g/mol. The minimum absolute atomic E-state index is 0.132. The standard InChI is InChI=1S/C27H23F2NO4/c28-20-12-16(13-21(29)15-20)14-25(31)30-22-10-8-18(9-11-22)17-4-6-19(7-5-17)26(32)23-2-1-3-24(23)27(33)34/h4-13,15,23-24H,1-3,14H2,(H,30,31)(H,33,34)/t23-,24-/m1/s1. The number of Topliss-reactive ketones (excluding diaryl/α,β-unsaturated/α-hetero) is 1. The van der Waals surface area contributed by atoms with E-state index in [9.17, 15) is 28.3 Å².